The molecule has 0 saturated heterocycles. The minimum absolute atomic E-state index is 0.0705. The van der Waals surface area contributed by atoms with Crippen molar-refractivity contribution in [2.45, 2.75) is 6.92 Å². The molecule has 0 bridgehead atoms. The molecular formula is C14H17N3O2. The van der Waals surface area contributed by atoms with Gasteiger partial charge in [-0.2, -0.15) is 0 Å². The maximum absolute atomic E-state index is 8.72. The first-order valence-corrected chi connectivity index (χ1v) is 6.08. The number of ether oxygens (including phenoxy) is 1. The molecule has 100 valence electrons. The summed E-state index contributed by atoms with van der Waals surface area (Å²) in [7, 11) is 1.66. The van der Waals surface area contributed by atoms with E-state index in [-0.39, 0.29) is 6.61 Å². The van der Waals surface area contributed by atoms with E-state index in [0.29, 0.717) is 12.4 Å². The minimum atomic E-state index is 0.0705. The second-order valence-electron chi connectivity index (χ2n) is 4.14. The standard InChI is InChI=1S/C14H17N3O2/c1-10-9-11(3-5-13(10)19-2)12-4-6-14(17-16-12)15-7-8-18/h3-6,9,18H,7-8H2,1-2H3,(H,15,17). The van der Waals surface area contributed by atoms with Crippen molar-refractivity contribution in [3.63, 3.8) is 0 Å². The lowest BCUT2D eigenvalue weighted by atomic mass is 10.1. The summed E-state index contributed by atoms with van der Waals surface area (Å²) in [6, 6.07) is 9.64. The Hall–Kier alpha value is -2.14. The molecule has 0 radical (unpaired) electrons. The number of anilines is 1. The predicted molar refractivity (Wildman–Crippen MR) is 74.3 cm³/mol. The summed E-state index contributed by atoms with van der Waals surface area (Å²) in [6.07, 6.45) is 0. The van der Waals surface area contributed by atoms with E-state index in [1.165, 1.54) is 0 Å². The van der Waals surface area contributed by atoms with Crippen LogP contribution in [0.3, 0.4) is 0 Å². The lowest BCUT2D eigenvalue weighted by molar-refractivity contribution is 0.311. The monoisotopic (exact) mass is 259 g/mol. The molecule has 0 spiro atoms. The minimum Gasteiger partial charge on any atom is -0.496 e. The quantitative estimate of drug-likeness (QED) is 0.858. The van der Waals surface area contributed by atoms with Crippen LogP contribution in [0.4, 0.5) is 5.82 Å². The normalized spacial score (nSPS) is 10.3. The van der Waals surface area contributed by atoms with Crippen LogP contribution in [-0.2, 0) is 0 Å². The summed E-state index contributed by atoms with van der Waals surface area (Å²) < 4.78 is 5.23. The highest BCUT2D eigenvalue weighted by molar-refractivity contribution is 5.62. The highest BCUT2D eigenvalue weighted by Gasteiger charge is 2.04. The van der Waals surface area contributed by atoms with Crippen molar-refractivity contribution in [3.05, 3.63) is 35.9 Å². The van der Waals surface area contributed by atoms with Gasteiger partial charge in [0, 0.05) is 12.1 Å². The van der Waals surface area contributed by atoms with Crippen LogP contribution in [0.15, 0.2) is 30.3 Å². The van der Waals surface area contributed by atoms with E-state index in [1.54, 1.807) is 7.11 Å². The largest absolute Gasteiger partial charge is 0.496 e. The Bertz CT molecular complexity index is 541. The topological polar surface area (TPSA) is 67.3 Å². The second kappa shape index (κ2) is 6.15. The van der Waals surface area contributed by atoms with Gasteiger partial charge in [0.15, 0.2) is 0 Å². The molecule has 0 aliphatic rings. The van der Waals surface area contributed by atoms with Crippen LogP contribution in [0.2, 0.25) is 0 Å². The Morgan fingerprint density at radius 3 is 2.63 bits per heavy atom. The van der Waals surface area contributed by atoms with Crippen LogP contribution >= 0.6 is 0 Å². The number of aliphatic hydroxyl groups is 1. The molecule has 1 aromatic heterocycles. The van der Waals surface area contributed by atoms with E-state index in [4.69, 9.17) is 9.84 Å². The number of methoxy groups -OCH3 is 1. The first kappa shape index (κ1) is 13.3. The number of hydrogen-bond donors (Lipinski definition) is 2. The molecule has 1 aromatic carbocycles. The summed E-state index contributed by atoms with van der Waals surface area (Å²) in [5, 5.41) is 19.9. The smallest absolute Gasteiger partial charge is 0.148 e. The number of aromatic nitrogens is 2. The zero-order valence-corrected chi connectivity index (χ0v) is 11.1. The average Bonchev–Trinajstić information content (AvgIpc) is 2.45. The molecular weight excluding hydrogens is 242 g/mol. The SMILES string of the molecule is COc1ccc(-c2ccc(NCCO)nn2)cc1C. The van der Waals surface area contributed by atoms with Crippen molar-refractivity contribution in [1.29, 1.82) is 0 Å². The lowest BCUT2D eigenvalue weighted by Gasteiger charge is -2.07. The van der Waals surface area contributed by atoms with Crippen LogP contribution < -0.4 is 10.1 Å². The molecule has 0 atom stereocenters. The first-order chi connectivity index (χ1) is 9.24. The van der Waals surface area contributed by atoms with Gasteiger partial charge in [-0.05, 0) is 42.8 Å². The average molecular weight is 259 g/mol. The molecule has 1 heterocycles. The molecule has 2 N–H and O–H groups in total. The van der Waals surface area contributed by atoms with Crippen molar-refractivity contribution in [3.8, 4) is 17.0 Å². The molecule has 0 unspecified atom stereocenters. The van der Waals surface area contributed by atoms with E-state index in [0.717, 1.165) is 22.6 Å². The number of nitrogens with one attached hydrogen (secondary N) is 1. The summed E-state index contributed by atoms with van der Waals surface area (Å²) in [6.45, 7) is 2.53. The molecule has 19 heavy (non-hydrogen) atoms. The Morgan fingerprint density at radius 2 is 2.05 bits per heavy atom. The number of nitrogens with zero attached hydrogens (tertiary/aromatic N) is 2. The van der Waals surface area contributed by atoms with Crippen molar-refractivity contribution >= 4 is 5.82 Å². The van der Waals surface area contributed by atoms with Gasteiger partial charge < -0.3 is 15.2 Å². The third kappa shape index (κ3) is 3.20. The first-order valence-electron chi connectivity index (χ1n) is 6.08. The van der Waals surface area contributed by atoms with Crippen molar-refractivity contribution in [1.82, 2.24) is 10.2 Å². The van der Waals surface area contributed by atoms with Gasteiger partial charge in [-0.1, -0.05) is 0 Å². The highest BCUT2D eigenvalue weighted by atomic mass is 16.5. The maximum atomic E-state index is 8.72. The van der Waals surface area contributed by atoms with E-state index in [2.05, 4.69) is 15.5 Å². The van der Waals surface area contributed by atoms with Gasteiger partial charge in [-0.15, -0.1) is 10.2 Å². The fraction of sp³-hybridized carbons (Fsp3) is 0.286. The highest BCUT2D eigenvalue weighted by Crippen LogP contribution is 2.24. The number of rotatable bonds is 5. The van der Waals surface area contributed by atoms with Crippen LogP contribution in [0.5, 0.6) is 5.75 Å². The summed E-state index contributed by atoms with van der Waals surface area (Å²) in [4.78, 5) is 0. The van der Waals surface area contributed by atoms with Crippen molar-refractivity contribution in [2.75, 3.05) is 25.6 Å². The summed E-state index contributed by atoms with van der Waals surface area (Å²) >= 11 is 0. The summed E-state index contributed by atoms with van der Waals surface area (Å²) in [5.74, 6) is 1.51. The molecule has 0 amide bonds. The van der Waals surface area contributed by atoms with Crippen LogP contribution in [0.1, 0.15) is 5.56 Å². The van der Waals surface area contributed by atoms with E-state index in [1.807, 2.05) is 37.3 Å². The van der Waals surface area contributed by atoms with Gasteiger partial charge in [-0.25, -0.2) is 0 Å². The van der Waals surface area contributed by atoms with E-state index < -0.39 is 0 Å². The molecule has 2 rings (SSSR count). The van der Waals surface area contributed by atoms with Crippen molar-refractivity contribution < 1.29 is 9.84 Å². The number of aliphatic hydroxyl groups excluding tert-OH is 1. The maximum Gasteiger partial charge on any atom is 0.148 e. The number of hydrogen-bond acceptors (Lipinski definition) is 5. The Labute approximate surface area is 112 Å². The van der Waals surface area contributed by atoms with Gasteiger partial charge in [0.25, 0.3) is 0 Å². The molecule has 5 nitrogen and oxygen atoms in total. The Balaban J connectivity index is 2.19. The van der Waals surface area contributed by atoms with Crippen molar-refractivity contribution in [2.24, 2.45) is 0 Å². The second-order valence-corrected chi connectivity index (χ2v) is 4.14. The predicted octanol–water partition coefficient (Wildman–Crippen LogP) is 1.86. The molecule has 0 aliphatic carbocycles. The Morgan fingerprint density at radius 1 is 1.21 bits per heavy atom. The van der Waals surface area contributed by atoms with Crippen LogP contribution in [0, 0.1) is 6.92 Å². The fourth-order valence-electron chi connectivity index (χ4n) is 1.80. The van der Waals surface area contributed by atoms with Gasteiger partial charge in [0.1, 0.15) is 11.6 Å². The zero-order chi connectivity index (χ0) is 13.7. The van der Waals surface area contributed by atoms with Crippen LogP contribution in [0.25, 0.3) is 11.3 Å². The Kier molecular flexibility index (Phi) is 4.30. The molecule has 5 heteroatoms. The van der Waals surface area contributed by atoms with E-state index >= 15 is 0 Å². The van der Waals surface area contributed by atoms with Gasteiger partial charge in [-0.3, -0.25) is 0 Å². The number of aryl methyl sites for hydroxylation is 1. The summed E-state index contributed by atoms with van der Waals surface area (Å²) in [5.41, 5.74) is 2.86. The molecule has 0 aliphatic heterocycles. The number of benzene rings is 1. The third-order valence-corrected chi connectivity index (χ3v) is 2.77. The lowest BCUT2D eigenvalue weighted by Crippen LogP contribution is -2.07. The van der Waals surface area contributed by atoms with Gasteiger partial charge >= 0.3 is 0 Å². The van der Waals surface area contributed by atoms with Gasteiger partial charge in [0.05, 0.1) is 19.4 Å². The zero-order valence-electron chi connectivity index (χ0n) is 11.1. The third-order valence-electron chi connectivity index (χ3n) is 2.77. The molecule has 0 saturated carbocycles. The van der Waals surface area contributed by atoms with Gasteiger partial charge in [0.2, 0.25) is 0 Å². The molecule has 2 aromatic rings. The molecule has 0 fully saturated rings. The fourth-order valence-corrected chi connectivity index (χ4v) is 1.80. The van der Waals surface area contributed by atoms with E-state index in [9.17, 15) is 0 Å². The van der Waals surface area contributed by atoms with Crippen LogP contribution in [-0.4, -0.2) is 35.6 Å².